The monoisotopic (exact) mass is 245 g/mol. The zero-order valence-corrected chi connectivity index (χ0v) is 9.86. The Kier molecular flexibility index (Phi) is 2.59. The molecule has 15 heavy (non-hydrogen) atoms. The second-order valence-corrected chi connectivity index (χ2v) is 6.64. The first-order chi connectivity index (χ1) is 6.96. The molecular formula is C8H11N3O2S2. The van der Waals surface area contributed by atoms with Crippen LogP contribution in [0.5, 0.6) is 0 Å². The van der Waals surface area contributed by atoms with Crippen LogP contribution >= 0.6 is 11.8 Å². The number of nitrogen functional groups attached to an aromatic ring is 1. The third kappa shape index (κ3) is 2.40. The molecule has 7 heteroatoms. The lowest BCUT2D eigenvalue weighted by Gasteiger charge is -2.04. The third-order valence-corrected chi connectivity index (χ3v) is 3.80. The van der Waals surface area contributed by atoms with Crippen LogP contribution in [0.4, 0.5) is 5.82 Å². The number of hydrogen-bond acceptors (Lipinski definition) is 6. The van der Waals surface area contributed by atoms with Crippen molar-refractivity contribution in [1.29, 1.82) is 0 Å². The van der Waals surface area contributed by atoms with Crippen LogP contribution in [0.15, 0.2) is 0 Å². The molecule has 82 valence electrons. The maximum Gasteiger partial charge on any atom is 0.154 e. The van der Waals surface area contributed by atoms with E-state index in [2.05, 4.69) is 9.97 Å². The number of rotatable bonds is 2. The summed E-state index contributed by atoms with van der Waals surface area (Å²) in [5.74, 6) is 2.19. The highest BCUT2D eigenvalue weighted by molar-refractivity contribution is 7.98. The third-order valence-electron chi connectivity index (χ3n) is 2.05. The first-order valence-corrected chi connectivity index (χ1v) is 7.57. The summed E-state index contributed by atoms with van der Waals surface area (Å²) in [6, 6.07) is 0. The summed E-state index contributed by atoms with van der Waals surface area (Å²) in [4.78, 5) is 8.21. The zero-order valence-electron chi connectivity index (χ0n) is 8.23. The van der Waals surface area contributed by atoms with Crippen molar-refractivity contribution in [2.75, 3.05) is 12.0 Å². The molecule has 0 spiro atoms. The van der Waals surface area contributed by atoms with Gasteiger partial charge in [0, 0.05) is 23.3 Å². The number of hydrogen-bond donors (Lipinski definition) is 1. The van der Waals surface area contributed by atoms with Crippen molar-refractivity contribution < 1.29 is 8.42 Å². The van der Waals surface area contributed by atoms with Crippen molar-refractivity contribution in [1.82, 2.24) is 9.97 Å². The molecule has 1 aliphatic rings. The topological polar surface area (TPSA) is 85.9 Å². The molecule has 0 bridgehead atoms. The van der Waals surface area contributed by atoms with E-state index in [1.165, 1.54) is 0 Å². The Labute approximate surface area is 92.4 Å². The minimum atomic E-state index is -3.10. The number of fused-ring (bicyclic) bond motifs is 1. The molecule has 0 unspecified atom stereocenters. The molecule has 0 radical (unpaired) electrons. The quantitative estimate of drug-likeness (QED) is 0.809. The average molecular weight is 245 g/mol. The lowest BCUT2D eigenvalue weighted by atomic mass is 10.2. The standard InChI is InChI=1S/C8H11N3O2S2/c1-15(12,13)4-7-10-6-3-14-2-5(6)8(9)11-7/h2-4H2,1H3,(H2,9,10,11). The molecule has 1 aromatic rings. The predicted molar refractivity (Wildman–Crippen MR) is 60.0 cm³/mol. The van der Waals surface area contributed by atoms with Gasteiger partial charge in [0.2, 0.25) is 0 Å². The summed E-state index contributed by atoms with van der Waals surface area (Å²) in [7, 11) is -3.10. The number of aromatic nitrogens is 2. The van der Waals surface area contributed by atoms with Crippen LogP contribution in [-0.2, 0) is 27.1 Å². The molecule has 0 saturated heterocycles. The summed E-state index contributed by atoms with van der Waals surface area (Å²) in [6.45, 7) is 0. The van der Waals surface area contributed by atoms with Gasteiger partial charge in [-0.2, -0.15) is 11.8 Å². The van der Waals surface area contributed by atoms with E-state index in [1.54, 1.807) is 11.8 Å². The largest absolute Gasteiger partial charge is 0.383 e. The van der Waals surface area contributed by atoms with Gasteiger partial charge >= 0.3 is 0 Å². The minimum absolute atomic E-state index is 0.144. The van der Waals surface area contributed by atoms with Crippen LogP contribution < -0.4 is 5.73 Å². The van der Waals surface area contributed by atoms with Gasteiger partial charge < -0.3 is 5.73 Å². The Morgan fingerprint density at radius 1 is 1.40 bits per heavy atom. The van der Waals surface area contributed by atoms with Gasteiger partial charge in [0.25, 0.3) is 0 Å². The molecule has 2 heterocycles. The molecule has 0 saturated carbocycles. The fourth-order valence-electron chi connectivity index (χ4n) is 1.43. The molecule has 1 aliphatic heterocycles. The zero-order chi connectivity index (χ0) is 11.1. The van der Waals surface area contributed by atoms with Gasteiger partial charge in [-0.15, -0.1) is 0 Å². The second-order valence-electron chi connectivity index (χ2n) is 3.51. The summed E-state index contributed by atoms with van der Waals surface area (Å²) in [5, 5.41) is 0. The highest BCUT2D eigenvalue weighted by Crippen LogP contribution is 2.31. The molecule has 0 atom stereocenters. The first kappa shape index (κ1) is 10.7. The van der Waals surface area contributed by atoms with Gasteiger partial charge in [-0.05, 0) is 0 Å². The summed E-state index contributed by atoms with van der Waals surface area (Å²) >= 11 is 1.71. The highest BCUT2D eigenvalue weighted by atomic mass is 32.2. The second kappa shape index (κ2) is 3.64. The molecule has 5 nitrogen and oxygen atoms in total. The highest BCUT2D eigenvalue weighted by Gasteiger charge is 2.19. The van der Waals surface area contributed by atoms with Crippen LogP contribution in [0.3, 0.4) is 0 Å². The van der Waals surface area contributed by atoms with Crippen LogP contribution in [0.1, 0.15) is 17.1 Å². The van der Waals surface area contributed by atoms with Crippen molar-refractivity contribution in [3.63, 3.8) is 0 Å². The fraction of sp³-hybridized carbons (Fsp3) is 0.500. The fourth-order valence-corrected chi connectivity index (χ4v) is 3.08. The lowest BCUT2D eigenvalue weighted by molar-refractivity contribution is 0.599. The van der Waals surface area contributed by atoms with E-state index >= 15 is 0 Å². The molecule has 0 aromatic carbocycles. The Bertz CT molecular complexity index is 499. The summed E-state index contributed by atoms with van der Waals surface area (Å²) in [5.41, 5.74) is 7.57. The maximum atomic E-state index is 11.1. The Balaban J connectivity index is 2.40. The van der Waals surface area contributed by atoms with E-state index in [-0.39, 0.29) is 5.75 Å². The van der Waals surface area contributed by atoms with Crippen LogP contribution in [0, 0.1) is 0 Å². The number of nitrogens with two attached hydrogens (primary N) is 1. The predicted octanol–water partition coefficient (Wildman–Crippen LogP) is 0.350. The summed E-state index contributed by atoms with van der Waals surface area (Å²) in [6.07, 6.45) is 1.16. The number of thioether (sulfide) groups is 1. The van der Waals surface area contributed by atoms with E-state index in [0.717, 1.165) is 29.0 Å². The first-order valence-electron chi connectivity index (χ1n) is 4.35. The Hall–Kier alpha value is -0.820. The molecule has 1 aromatic heterocycles. The van der Waals surface area contributed by atoms with E-state index < -0.39 is 9.84 Å². The van der Waals surface area contributed by atoms with Crippen molar-refractivity contribution in [2.45, 2.75) is 17.3 Å². The van der Waals surface area contributed by atoms with Gasteiger partial charge in [-0.1, -0.05) is 0 Å². The molecule has 0 amide bonds. The average Bonchev–Trinajstić information content (AvgIpc) is 2.48. The Morgan fingerprint density at radius 2 is 2.13 bits per heavy atom. The van der Waals surface area contributed by atoms with Crippen molar-refractivity contribution in [2.24, 2.45) is 0 Å². The molecular weight excluding hydrogens is 234 g/mol. The van der Waals surface area contributed by atoms with Crippen molar-refractivity contribution >= 4 is 27.4 Å². The molecule has 2 N–H and O–H groups in total. The van der Waals surface area contributed by atoms with E-state index in [0.29, 0.717) is 11.6 Å². The lowest BCUT2D eigenvalue weighted by Crippen LogP contribution is -2.10. The van der Waals surface area contributed by atoms with E-state index in [9.17, 15) is 8.42 Å². The number of nitrogens with zero attached hydrogens (tertiary/aromatic N) is 2. The van der Waals surface area contributed by atoms with Crippen LogP contribution in [0.2, 0.25) is 0 Å². The molecule has 0 fully saturated rings. The number of sulfone groups is 1. The van der Waals surface area contributed by atoms with Gasteiger partial charge in [0.15, 0.2) is 9.84 Å². The van der Waals surface area contributed by atoms with E-state index in [1.807, 2.05) is 0 Å². The SMILES string of the molecule is CS(=O)(=O)Cc1nc(N)c2c(n1)CSC2. The minimum Gasteiger partial charge on any atom is -0.383 e. The molecule has 2 rings (SSSR count). The molecule has 0 aliphatic carbocycles. The Morgan fingerprint density at radius 3 is 2.80 bits per heavy atom. The number of anilines is 1. The summed E-state index contributed by atoms with van der Waals surface area (Å²) < 4.78 is 22.2. The van der Waals surface area contributed by atoms with Gasteiger partial charge in [0.05, 0.1) is 5.69 Å². The maximum absolute atomic E-state index is 11.1. The van der Waals surface area contributed by atoms with Crippen LogP contribution in [0.25, 0.3) is 0 Å². The van der Waals surface area contributed by atoms with E-state index in [4.69, 9.17) is 5.73 Å². The van der Waals surface area contributed by atoms with Crippen LogP contribution in [-0.4, -0.2) is 24.6 Å². The van der Waals surface area contributed by atoms with Crippen molar-refractivity contribution in [3.05, 3.63) is 17.1 Å². The van der Waals surface area contributed by atoms with Gasteiger partial charge in [0.1, 0.15) is 17.4 Å². The normalized spacial score (nSPS) is 15.3. The van der Waals surface area contributed by atoms with Gasteiger partial charge in [-0.3, -0.25) is 0 Å². The van der Waals surface area contributed by atoms with Gasteiger partial charge in [-0.25, -0.2) is 18.4 Å². The smallest absolute Gasteiger partial charge is 0.154 e. The van der Waals surface area contributed by atoms with Crippen molar-refractivity contribution in [3.8, 4) is 0 Å².